The number of nitrogens with zero attached hydrogens (tertiary/aromatic N) is 1. The molecule has 3 nitrogen and oxygen atoms in total. The zero-order valence-electron chi connectivity index (χ0n) is 22.8. The maximum absolute atomic E-state index is 13.7. The van der Waals surface area contributed by atoms with Crippen molar-refractivity contribution >= 4 is 11.6 Å². The van der Waals surface area contributed by atoms with Gasteiger partial charge in [-0.3, -0.25) is 4.79 Å². The summed E-state index contributed by atoms with van der Waals surface area (Å²) in [5.41, 5.74) is 5.42. The van der Waals surface area contributed by atoms with Crippen LogP contribution < -0.4 is 5.32 Å². The van der Waals surface area contributed by atoms with E-state index in [4.69, 9.17) is 0 Å². The molecule has 1 unspecified atom stereocenters. The number of likely N-dealkylation sites (tertiary alicyclic amines) is 1. The Morgan fingerprint density at radius 1 is 0.923 bits per heavy atom. The summed E-state index contributed by atoms with van der Waals surface area (Å²) in [5.74, 6) is -0.711. The lowest BCUT2D eigenvalue weighted by Gasteiger charge is -2.44. The summed E-state index contributed by atoms with van der Waals surface area (Å²) < 4.78 is 27.1. The monoisotopic (exact) mass is 528 g/mol. The summed E-state index contributed by atoms with van der Waals surface area (Å²) in [6.45, 7) is 5.22. The fourth-order valence-electron chi connectivity index (χ4n) is 6.36. The molecule has 0 radical (unpaired) electrons. The van der Waals surface area contributed by atoms with Gasteiger partial charge in [0.05, 0.1) is 0 Å². The highest BCUT2D eigenvalue weighted by molar-refractivity contribution is 5.92. The lowest BCUT2D eigenvalue weighted by molar-refractivity contribution is -0.120. The van der Waals surface area contributed by atoms with Crippen LogP contribution in [0.4, 0.5) is 14.5 Å². The number of piperidine rings is 1. The summed E-state index contributed by atoms with van der Waals surface area (Å²) in [7, 11) is 0. The minimum Gasteiger partial charge on any atom is -0.326 e. The molecule has 1 heterocycles. The van der Waals surface area contributed by atoms with E-state index in [1.807, 2.05) is 6.92 Å². The number of carbonyl (C=O) groups is 1. The molecule has 1 amide bonds. The van der Waals surface area contributed by atoms with Crippen molar-refractivity contribution in [3.8, 4) is 11.1 Å². The van der Waals surface area contributed by atoms with Gasteiger partial charge in [-0.1, -0.05) is 55.5 Å². The van der Waals surface area contributed by atoms with Gasteiger partial charge in [0.2, 0.25) is 5.91 Å². The van der Waals surface area contributed by atoms with Gasteiger partial charge in [-0.15, -0.1) is 0 Å². The first-order valence-corrected chi connectivity index (χ1v) is 14.6. The van der Waals surface area contributed by atoms with Crippen molar-refractivity contribution in [1.82, 2.24) is 4.90 Å². The number of halogens is 2. The van der Waals surface area contributed by atoms with E-state index in [1.54, 1.807) is 0 Å². The Bertz CT molecular complexity index is 1320. The lowest BCUT2D eigenvalue weighted by atomic mass is 9.67. The van der Waals surface area contributed by atoms with Crippen LogP contribution in [0.15, 0.2) is 66.7 Å². The van der Waals surface area contributed by atoms with Crippen molar-refractivity contribution < 1.29 is 13.6 Å². The number of anilines is 1. The molecule has 0 bridgehead atoms. The van der Waals surface area contributed by atoms with Crippen molar-refractivity contribution in [1.29, 1.82) is 0 Å². The standard InChI is InChI=1S/C34H38F2N2O/c1-23(33(39)37-30-13-14-31(35)32(36)20-30)21-34(15-17-38(18-16-34)22-24-5-6-24)29-11-9-26(10-12-29)28-4-2-3-27(19-28)25-7-8-25/h2-4,9-14,19-20,23-25H,5-8,15-18,21-22H2,1H3,(H,37,39). The molecule has 5 heteroatoms. The van der Waals surface area contributed by atoms with Gasteiger partial charge >= 0.3 is 0 Å². The second-order valence-corrected chi connectivity index (χ2v) is 12.2. The smallest absolute Gasteiger partial charge is 0.227 e. The Hall–Kier alpha value is -3.05. The minimum atomic E-state index is -0.956. The third-order valence-corrected chi connectivity index (χ3v) is 9.12. The van der Waals surface area contributed by atoms with Crippen molar-refractivity contribution in [3.63, 3.8) is 0 Å². The first-order valence-electron chi connectivity index (χ1n) is 14.6. The first kappa shape index (κ1) is 26.2. The van der Waals surface area contributed by atoms with Crippen LogP contribution >= 0.6 is 0 Å². The highest BCUT2D eigenvalue weighted by Crippen LogP contribution is 2.44. The average Bonchev–Trinajstić information content (AvgIpc) is 3.87. The maximum atomic E-state index is 13.7. The maximum Gasteiger partial charge on any atom is 0.227 e. The molecule has 1 saturated heterocycles. The molecule has 1 N–H and O–H groups in total. The van der Waals surface area contributed by atoms with E-state index in [1.165, 1.54) is 60.5 Å². The Kier molecular flexibility index (Phi) is 7.28. The fourth-order valence-corrected chi connectivity index (χ4v) is 6.36. The highest BCUT2D eigenvalue weighted by Gasteiger charge is 2.39. The van der Waals surface area contributed by atoms with Crippen LogP contribution in [0.25, 0.3) is 11.1 Å². The molecule has 2 saturated carbocycles. The minimum absolute atomic E-state index is 0.0980. The predicted molar refractivity (Wildman–Crippen MR) is 153 cm³/mol. The second-order valence-electron chi connectivity index (χ2n) is 12.2. The number of benzene rings is 3. The molecule has 3 aromatic rings. The Balaban J connectivity index is 1.21. The number of hydrogen-bond donors (Lipinski definition) is 1. The third-order valence-electron chi connectivity index (χ3n) is 9.12. The lowest BCUT2D eigenvalue weighted by Crippen LogP contribution is -2.45. The van der Waals surface area contributed by atoms with Gasteiger partial charge in [0.15, 0.2) is 11.6 Å². The van der Waals surface area contributed by atoms with Gasteiger partial charge in [0, 0.05) is 24.2 Å². The fraction of sp³-hybridized carbons (Fsp3) is 0.441. The number of hydrogen-bond acceptors (Lipinski definition) is 2. The summed E-state index contributed by atoms with van der Waals surface area (Å²) in [6.07, 6.45) is 8.04. The van der Waals surface area contributed by atoms with Crippen LogP contribution in [0.1, 0.15) is 68.9 Å². The number of rotatable bonds is 9. The summed E-state index contributed by atoms with van der Waals surface area (Å²) in [6, 6.07) is 21.5. The molecule has 0 spiro atoms. The molecule has 2 aliphatic carbocycles. The van der Waals surface area contributed by atoms with Crippen LogP contribution in [0.3, 0.4) is 0 Å². The zero-order chi connectivity index (χ0) is 27.0. The van der Waals surface area contributed by atoms with Gasteiger partial charge in [-0.25, -0.2) is 8.78 Å². The molecular formula is C34H38F2N2O. The molecule has 1 aliphatic heterocycles. The number of nitrogens with one attached hydrogen (secondary N) is 1. The molecule has 3 aromatic carbocycles. The quantitative estimate of drug-likeness (QED) is 0.306. The SMILES string of the molecule is CC(CC1(c2ccc(-c3cccc(C4CC4)c3)cc2)CCN(CC2CC2)CC1)C(=O)Nc1ccc(F)c(F)c1. The molecule has 3 aliphatic rings. The Labute approximate surface area is 230 Å². The van der Waals surface area contributed by atoms with Gasteiger partial charge in [0.1, 0.15) is 0 Å². The largest absolute Gasteiger partial charge is 0.326 e. The van der Waals surface area contributed by atoms with Crippen molar-refractivity contribution in [3.05, 3.63) is 89.5 Å². The van der Waals surface area contributed by atoms with E-state index < -0.39 is 11.6 Å². The normalized spacial score (nSPS) is 20.0. The van der Waals surface area contributed by atoms with Crippen LogP contribution in [-0.4, -0.2) is 30.4 Å². The molecule has 3 fully saturated rings. The average molecular weight is 529 g/mol. The molecule has 6 rings (SSSR count). The number of amides is 1. The number of carbonyl (C=O) groups excluding carboxylic acids is 1. The van der Waals surface area contributed by atoms with Gasteiger partial charge < -0.3 is 10.2 Å². The van der Waals surface area contributed by atoms with E-state index in [9.17, 15) is 13.6 Å². The molecule has 0 aromatic heterocycles. The Morgan fingerprint density at radius 3 is 2.33 bits per heavy atom. The molecule has 204 valence electrons. The molecular weight excluding hydrogens is 490 g/mol. The van der Waals surface area contributed by atoms with Gasteiger partial charge in [-0.05, 0) is 110 Å². The van der Waals surface area contributed by atoms with Crippen LogP contribution in [0, 0.1) is 23.5 Å². The van der Waals surface area contributed by atoms with E-state index in [2.05, 4.69) is 58.7 Å². The molecule has 39 heavy (non-hydrogen) atoms. The molecule has 1 atom stereocenters. The van der Waals surface area contributed by atoms with Crippen molar-refractivity contribution in [2.45, 2.75) is 63.2 Å². The summed E-state index contributed by atoms with van der Waals surface area (Å²) >= 11 is 0. The van der Waals surface area contributed by atoms with Crippen LogP contribution in [-0.2, 0) is 10.2 Å². The van der Waals surface area contributed by atoms with Crippen LogP contribution in [0.5, 0.6) is 0 Å². The van der Waals surface area contributed by atoms with Gasteiger partial charge in [0.25, 0.3) is 0 Å². The topological polar surface area (TPSA) is 32.3 Å². The van der Waals surface area contributed by atoms with Gasteiger partial charge in [-0.2, -0.15) is 0 Å². The highest BCUT2D eigenvalue weighted by atomic mass is 19.2. The summed E-state index contributed by atoms with van der Waals surface area (Å²) in [4.78, 5) is 15.8. The Morgan fingerprint density at radius 2 is 1.67 bits per heavy atom. The summed E-state index contributed by atoms with van der Waals surface area (Å²) in [5, 5.41) is 2.81. The van der Waals surface area contributed by atoms with Crippen molar-refractivity contribution in [2.24, 2.45) is 11.8 Å². The van der Waals surface area contributed by atoms with E-state index in [-0.39, 0.29) is 22.9 Å². The predicted octanol–water partition coefficient (Wildman–Crippen LogP) is 7.92. The third kappa shape index (κ3) is 6.09. The van der Waals surface area contributed by atoms with E-state index in [0.29, 0.717) is 0 Å². The van der Waals surface area contributed by atoms with Crippen molar-refractivity contribution in [2.75, 3.05) is 25.0 Å². The first-order chi connectivity index (χ1) is 18.9. The second kappa shape index (κ2) is 10.8. The van der Waals surface area contributed by atoms with E-state index in [0.717, 1.165) is 56.3 Å². The van der Waals surface area contributed by atoms with E-state index >= 15 is 0 Å². The van der Waals surface area contributed by atoms with Crippen LogP contribution in [0.2, 0.25) is 0 Å². The zero-order valence-corrected chi connectivity index (χ0v) is 22.8.